The molecule has 4 aromatic rings. The molecule has 1 amide bonds. The van der Waals surface area contributed by atoms with Gasteiger partial charge in [-0.1, -0.05) is 25.1 Å². The van der Waals surface area contributed by atoms with Crippen LogP contribution in [-0.4, -0.2) is 42.5 Å². The third kappa shape index (κ3) is 4.89. The van der Waals surface area contributed by atoms with E-state index in [9.17, 15) is 23.9 Å². The van der Waals surface area contributed by atoms with E-state index in [1.807, 2.05) is 18.2 Å². The Morgan fingerprint density at radius 3 is 2.36 bits per heavy atom. The molecule has 0 saturated carbocycles. The van der Waals surface area contributed by atoms with Crippen LogP contribution >= 0.6 is 0 Å². The summed E-state index contributed by atoms with van der Waals surface area (Å²) < 4.78 is 24.0. The number of rotatable bonds is 8. The van der Waals surface area contributed by atoms with Crippen molar-refractivity contribution in [2.75, 3.05) is 13.7 Å². The molecule has 0 saturated heterocycles. The molecule has 0 aliphatic rings. The number of carbonyl (C=O) groups excluding carboxylic acids is 3. The number of Topliss-reactive ketones (excluding diaryl/α,β-unsaturated/α-hetero) is 1. The van der Waals surface area contributed by atoms with Gasteiger partial charge < -0.3 is 19.6 Å². The van der Waals surface area contributed by atoms with E-state index in [1.165, 1.54) is 19.2 Å². The molecule has 4 rings (SSSR count). The first kappa shape index (κ1) is 24.8. The number of aliphatic hydroxyl groups excluding tert-OH is 1. The topological polar surface area (TPSA) is 106 Å². The molecule has 8 heteroatoms. The quantitative estimate of drug-likeness (QED) is 0.273. The normalized spacial score (nSPS) is 11.8. The number of esters is 1. The van der Waals surface area contributed by atoms with E-state index in [4.69, 9.17) is 4.42 Å². The molecule has 3 aromatic carbocycles. The lowest BCUT2D eigenvalue weighted by Gasteiger charge is -2.14. The largest absolute Gasteiger partial charge is 0.467 e. The van der Waals surface area contributed by atoms with Gasteiger partial charge in [0.15, 0.2) is 11.8 Å². The lowest BCUT2D eigenvalue weighted by atomic mass is 9.97. The van der Waals surface area contributed by atoms with Crippen molar-refractivity contribution >= 4 is 28.6 Å². The molecular formula is C28H24FNO6. The Hall–Kier alpha value is -4.30. The van der Waals surface area contributed by atoms with Gasteiger partial charge in [0.25, 0.3) is 5.91 Å². The maximum Gasteiger partial charge on any atom is 0.330 e. The van der Waals surface area contributed by atoms with Crippen molar-refractivity contribution in [2.45, 2.75) is 19.4 Å². The van der Waals surface area contributed by atoms with E-state index >= 15 is 0 Å². The van der Waals surface area contributed by atoms with Gasteiger partial charge in [-0.25, -0.2) is 9.18 Å². The number of fused-ring (bicyclic) bond motifs is 1. The first-order valence-corrected chi connectivity index (χ1v) is 11.3. The predicted octanol–water partition coefficient (Wildman–Crippen LogP) is 4.76. The Kier molecular flexibility index (Phi) is 7.26. The van der Waals surface area contributed by atoms with Crippen LogP contribution in [0.15, 0.2) is 71.1 Å². The minimum absolute atomic E-state index is 0.115. The second-order valence-electron chi connectivity index (χ2n) is 8.11. The summed E-state index contributed by atoms with van der Waals surface area (Å²) in [7, 11) is 1.17. The molecule has 1 aromatic heterocycles. The van der Waals surface area contributed by atoms with Gasteiger partial charge in [-0.15, -0.1) is 0 Å². The Morgan fingerprint density at radius 1 is 1.00 bits per heavy atom. The lowest BCUT2D eigenvalue weighted by molar-refractivity contribution is -0.143. The van der Waals surface area contributed by atoms with Gasteiger partial charge in [-0.3, -0.25) is 9.59 Å². The zero-order chi connectivity index (χ0) is 25.8. The Labute approximate surface area is 206 Å². The highest BCUT2D eigenvalue weighted by Gasteiger charge is 2.23. The molecule has 1 atom stereocenters. The molecule has 184 valence electrons. The number of halogens is 1. The number of ketones is 1. The summed E-state index contributed by atoms with van der Waals surface area (Å²) in [6, 6.07) is 16.7. The van der Waals surface area contributed by atoms with Gasteiger partial charge in [-0.2, -0.15) is 0 Å². The molecule has 7 nitrogen and oxygen atoms in total. The Morgan fingerprint density at radius 2 is 1.69 bits per heavy atom. The number of ether oxygens (including phenoxy) is 1. The fraction of sp³-hybridized carbons (Fsp3) is 0.179. The van der Waals surface area contributed by atoms with E-state index in [0.717, 1.165) is 5.56 Å². The van der Waals surface area contributed by atoms with Crippen LogP contribution in [-0.2, 0) is 9.53 Å². The molecule has 0 spiro atoms. The summed E-state index contributed by atoms with van der Waals surface area (Å²) in [4.78, 5) is 37.3. The third-order valence-corrected chi connectivity index (χ3v) is 5.83. The summed E-state index contributed by atoms with van der Waals surface area (Å²) >= 11 is 0. The van der Waals surface area contributed by atoms with Crippen LogP contribution < -0.4 is 5.32 Å². The molecule has 0 aliphatic carbocycles. The molecule has 0 bridgehead atoms. The standard InChI is InChI=1S/C28H24FNO6/c1-3-23(32)25-21-14-18(9-12-24(21)36-26(25)16-7-10-20(29)11-8-16)17-5-4-6-19(13-17)27(33)30-22(15-31)28(34)35-2/h4-14,22,31H,3,15H2,1-2H3,(H,30,33)/t22-/m1/s1. The average Bonchev–Trinajstić information content (AvgIpc) is 3.30. The molecule has 0 fully saturated rings. The van der Waals surface area contributed by atoms with Crippen LogP contribution in [0.25, 0.3) is 33.4 Å². The molecule has 0 radical (unpaired) electrons. The Balaban J connectivity index is 1.74. The van der Waals surface area contributed by atoms with Crippen LogP contribution in [0.4, 0.5) is 4.39 Å². The summed E-state index contributed by atoms with van der Waals surface area (Å²) in [6.45, 7) is 1.16. The maximum atomic E-state index is 13.4. The third-order valence-electron chi connectivity index (χ3n) is 5.83. The van der Waals surface area contributed by atoms with Crippen molar-refractivity contribution < 1.29 is 33.0 Å². The predicted molar refractivity (Wildman–Crippen MR) is 132 cm³/mol. The van der Waals surface area contributed by atoms with E-state index in [0.29, 0.717) is 33.4 Å². The first-order valence-electron chi connectivity index (χ1n) is 11.3. The van der Waals surface area contributed by atoms with E-state index in [2.05, 4.69) is 10.1 Å². The number of carbonyl (C=O) groups is 3. The zero-order valence-electron chi connectivity index (χ0n) is 19.7. The van der Waals surface area contributed by atoms with Gasteiger partial charge in [0, 0.05) is 22.9 Å². The maximum absolute atomic E-state index is 13.4. The fourth-order valence-corrected chi connectivity index (χ4v) is 3.94. The number of hydrogen-bond donors (Lipinski definition) is 2. The second-order valence-corrected chi connectivity index (χ2v) is 8.11. The van der Waals surface area contributed by atoms with Crippen molar-refractivity contribution in [1.29, 1.82) is 0 Å². The van der Waals surface area contributed by atoms with Crippen molar-refractivity contribution in [3.8, 4) is 22.5 Å². The number of methoxy groups -OCH3 is 1. The average molecular weight is 489 g/mol. The van der Waals surface area contributed by atoms with Gasteiger partial charge in [0.1, 0.15) is 17.2 Å². The number of aliphatic hydroxyl groups is 1. The number of amides is 1. The van der Waals surface area contributed by atoms with Crippen LogP contribution in [0.1, 0.15) is 34.1 Å². The summed E-state index contributed by atoms with van der Waals surface area (Å²) in [6.07, 6.45) is 0.259. The number of furan rings is 1. The molecule has 1 heterocycles. The second kappa shape index (κ2) is 10.5. The van der Waals surface area contributed by atoms with Crippen molar-refractivity contribution in [2.24, 2.45) is 0 Å². The number of hydrogen-bond acceptors (Lipinski definition) is 6. The van der Waals surface area contributed by atoms with Crippen LogP contribution in [0, 0.1) is 5.82 Å². The van der Waals surface area contributed by atoms with E-state index < -0.39 is 24.5 Å². The van der Waals surface area contributed by atoms with Crippen LogP contribution in [0.2, 0.25) is 0 Å². The van der Waals surface area contributed by atoms with Crippen molar-refractivity contribution in [3.05, 3.63) is 83.7 Å². The molecule has 0 unspecified atom stereocenters. The minimum Gasteiger partial charge on any atom is -0.467 e. The number of benzene rings is 3. The fourth-order valence-electron chi connectivity index (χ4n) is 3.94. The molecular weight excluding hydrogens is 465 g/mol. The van der Waals surface area contributed by atoms with Crippen LogP contribution in [0.5, 0.6) is 0 Å². The lowest BCUT2D eigenvalue weighted by Crippen LogP contribution is -2.44. The Bertz CT molecular complexity index is 1440. The van der Waals surface area contributed by atoms with Gasteiger partial charge >= 0.3 is 5.97 Å². The van der Waals surface area contributed by atoms with E-state index in [-0.39, 0.29) is 23.6 Å². The molecule has 2 N–H and O–H groups in total. The van der Waals surface area contributed by atoms with Gasteiger partial charge in [0.05, 0.1) is 19.3 Å². The van der Waals surface area contributed by atoms with Gasteiger partial charge in [0.2, 0.25) is 0 Å². The van der Waals surface area contributed by atoms with E-state index in [1.54, 1.807) is 43.3 Å². The molecule has 36 heavy (non-hydrogen) atoms. The SMILES string of the molecule is CCC(=O)c1c(-c2ccc(F)cc2)oc2ccc(-c3cccc(C(=O)N[C@H](CO)C(=O)OC)c3)cc12. The van der Waals surface area contributed by atoms with Crippen molar-refractivity contribution in [1.82, 2.24) is 5.32 Å². The highest BCUT2D eigenvalue weighted by Crippen LogP contribution is 2.37. The summed E-state index contributed by atoms with van der Waals surface area (Å²) in [5.41, 5.74) is 3.22. The monoisotopic (exact) mass is 489 g/mol. The van der Waals surface area contributed by atoms with Gasteiger partial charge in [-0.05, 0) is 59.7 Å². The zero-order valence-corrected chi connectivity index (χ0v) is 19.7. The van der Waals surface area contributed by atoms with Crippen molar-refractivity contribution in [3.63, 3.8) is 0 Å². The minimum atomic E-state index is -1.18. The first-order chi connectivity index (χ1) is 17.4. The smallest absolute Gasteiger partial charge is 0.330 e. The summed E-state index contributed by atoms with van der Waals surface area (Å²) in [5, 5.41) is 12.4. The highest BCUT2D eigenvalue weighted by molar-refractivity contribution is 6.12. The number of nitrogens with one attached hydrogen (secondary N) is 1. The highest BCUT2D eigenvalue weighted by atomic mass is 19.1. The van der Waals surface area contributed by atoms with Crippen LogP contribution in [0.3, 0.4) is 0 Å². The molecule has 0 aliphatic heterocycles. The summed E-state index contributed by atoms with van der Waals surface area (Å²) in [5.74, 6) is -1.43.